The predicted octanol–water partition coefficient (Wildman–Crippen LogP) is 5.79. The Labute approximate surface area is 220 Å². The smallest absolute Gasteiger partial charge is 0.419 e. The number of carboxylic acid groups (broad SMARTS) is 1. The van der Waals surface area contributed by atoms with Gasteiger partial charge in [-0.2, -0.15) is 13.2 Å². The quantitative estimate of drug-likeness (QED) is 0.235. The predicted molar refractivity (Wildman–Crippen MR) is 129 cm³/mol. The van der Waals surface area contributed by atoms with Crippen LogP contribution in [0.25, 0.3) is 0 Å². The van der Waals surface area contributed by atoms with Gasteiger partial charge < -0.3 is 19.5 Å². The molecule has 1 amide bonds. The average Bonchev–Trinajstić information content (AvgIpc) is 3.31. The summed E-state index contributed by atoms with van der Waals surface area (Å²) in [6.07, 6.45) is -4.30. The van der Waals surface area contributed by atoms with Crippen LogP contribution in [0.1, 0.15) is 54.0 Å². The average molecular weight is 551 g/mol. The first-order valence-corrected chi connectivity index (χ1v) is 11.5. The van der Waals surface area contributed by atoms with E-state index in [0.717, 1.165) is 10.6 Å². The molecule has 0 aliphatic heterocycles. The Morgan fingerprint density at radius 1 is 1.08 bits per heavy atom. The van der Waals surface area contributed by atoms with E-state index >= 15 is 0 Å². The zero-order valence-corrected chi connectivity index (χ0v) is 21.3. The summed E-state index contributed by atoms with van der Waals surface area (Å²) < 4.78 is 63.6. The Morgan fingerprint density at radius 2 is 1.72 bits per heavy atom. The van der Waals surface area contributed by atoms with Crippen molar-refractivity contribution < 1.29 is 46.5 Å². The lowest BCUT2D eigenvalue weighted by atomic mass is 9.97. The number of imidazole rings is 1. The minimum Gasteiger partial charge on any atom is -0.464 e. The third-order valence-electron chi connectivity index (χ3n) is 5.35. The Morgan fingerprint density at radius 3 is 2.26 bits per heavy atom. The third kappa shape index (κ3) is 7.33. The van der Waals surface area contributed by atoms with Gasteiger partial charge in [0, 0.05) is 26.0 Å². The monoisotopic (exact) mass is 551 g/mol. The van der Waals surface area contributed by atoms with Gasteiger partial charge in [-0.15, -0.1) is 0 Å². The van der Waals surface area contributed by atoms with Crippen LogP contribution in [0.3, 0.4) is 0 Å². The fourth-order valence-electron chi connectivity index (χ4n) is 3.57. The van der Waals surface area contributed by atoms with Crippen molar-refractivity contribution >= 4 is 18.2 Å². The van der Waals surface area contributed by atoms with Crippen molar-refractivity contribution in [2.45, 2.75) is 38.5 Å². The summed E-state index contributed by atoms with van der Waals surface area (Å²) in [4.78, 5) is 42.0. The number of rotatable bonds is 6. The minimum atomic E-state index is -4.91. The first-order valence-electron chi connectivity index (χ1n) is 11.5. The van der Waals surface area contributed by atoms with Gasteiger partial charge in [0.25, 0.3) is 0 Å². The Kier molecular flexibility index (Phi) is 8.32. The molecule has 0 fully saturated rings. The lowest BCUT2D eigenvalue weighted by Crippen LogP contribution is -2.37. The van der Waals surface area contributed by atoms with Gasteiger partial charge >= 0.3 is 24.3 Å². The molecular weight excluding hydrogens is 526 g/mol. The van der Waals surface area contributed by atoms with Gasteiger partial charge in [-0.25, -0.2) is 28.3 Å². The van der Waals surface area contributed by atoms with Gasteiger partial charge in [0.1, 0.15) is 23.0 Å². The Hall–Kier alpha value is -4.42. The zero-order chi connectivity index (χ0) is 29.1. The van der Waals surface area contributed by atoms with Crippen LogP contribution >= 0.6 is 0 Å². The first kappa shape index (κ1) is 29.1. The van der Waals surface area contributed by atoms with E-state index < -0.39 is 52.8 Å². The van der Waals surface area contributed by atoms with Crippen LogP contribution in [0.2, 0.25) is 0 Å². The highest BCUT2D eigenvalue weighted by Gasteiger charge is 2.34. The van der Waals surface area contributed by atoms with Crippen molar-refractivity contribution in [1.29, 1.82) is 0 Å². The number of aromatic nitrogens is 2. The van der Waals surface area contributed by atoms with Crippen LogP contribution < -0.4 is 4.74 Å². The summed E-state index contributed by atoms with van der Waals surface area (Å²) in [6, 6.07) is 7.43. The van der Waals surface area contributed by atoms with Crippen LogP contribution in [0.5, 0.6) is 5.75 Å². The van der Waals surface area contributed by atoms with Crippen LogP contribution in [0.15, 0.2) is 54.9 Å². The molecule has 1 aromatic heterocycles. The van der Waals surface area contributed by atoms with Gasteiger partial charge in [0.2, 0.25) is 0 Å². The molecule has 0 aliphatic carbocycles. The van der Waals surface area contributed by atoms with Gasteiger partial charge in [-0.1, -0.05) is 12.1 Å². The molecule has 3 aromatic rings. The number of halogens is 4. The number of carbonyl (C=O) groups is 3. The van der Waals surface area contributed by atoms with Crippen LogP contribution in [-0.2, 0) is 10.9 Å². The van der Waals surface area contributed by atoms with Gasteiger partial charge in [0.15, 0.2) is 0 Å². The molecule has 0 aliphatic rings. The summed E-state index contributed by atoms with van der Waals surface area (Å²) in [7, 11) is 1.48. The molecular formula is C26H25F4N3O6. The highest BCUT2D eigenvalue weighted by atomic mass is 19.4. The van der Waals surface area contributed by atoms with E-state index in [1.54, 1.807) is 20.8 Å². The first-order chi connectivity index (χ1) is 18.1. The maximum absolute atomic E-state index is 13.8. The van der Waals surface area contributed by atoms with Gasteiger partial charge in [0.05, 0.1) is 17.0 Å². The SMILES string of the molecule is CN(CC(c1ccc(OC(=O)c2ccc(C(F)(F)F)c(F)c2)cc1)c1nccn1C(=O)O)C(=O)OC(C)(C)C. The normalized spacial score (nSPS) is 12.5. The summed E-state index contributed by atoms with van der Waals surface area (Å²) in [5.41, 5.74) is -2.20. The summed E-state index contributed by atoms with van der Waals surface area (Å²) in [6.45, 7) is 5.08. The highest BCUT2D eigenvalue weighted by Crippen LogP contribution is 2.32. The van der Waals surface area contributed by atoms with Crippen LogP contribution in [0, 0.1) is 5.82 Å². The van der Waals surface area contributed by atoms with Crippen molar-refractivity contribution in [3.05, 3.63) is 83.2 Å². The number of benzene rings is 2. The molecule has 0 saturated heterocycles. The van der Waals surface area contributed by atoms with Crippen LogP contribution in [0.4, 0.5) is 27.2 Å². The number of alkyl halides is 3. The fourth-order valence-corrected chi connectivity index (χ4v) is 3.57. The van der Waals surface area contributed by atoms with E-state index in [2.05, 4.69) is 4.98 Å². The van der Waals surface area contributed by atoms with Crippen molar-refractivity contribution in [2.24, 2.45) is 0 Å². The summed E-state index contributed by atoms with van der Waals surface area (Å²) >= 11 is 0. The zero-order valence-electron chi connectivity index (χ0n) is 21.3. The molecule has 1 N–H and O–H groups in total. The second-order valence-electron chi connectivity index (χ2n) is 9.50. The molecule has 1 unspecified atom stereocenters. The van der Waals surface area contributed by atoms with Gasteiger partial charge in [-0.05, 0) is 56.7 Å². The molecule has 13 heteroatoms. The minimum absolute atomic E-state index is 0.00937. The van der Waals surface area contributed by atoms with E-state index in [4.69, 9.17) is 9.47 Å². The Bertz CT molecular complexity index is 1360. The van der Waals surface area contributed by atoms with Crippen molar-refractivity contribution in [3.8, 4) is 5.75 Å². The number of hydrogen-bond donors (Lipinski definition) is 1. The maximum atomic E-state index is 13.8. The second kappa shape index (κ2) is 11.1. The summed E-state index contributed by atoms with van der Waals surface area (Å²) in [5, 5.41) is 9.55. The lowest BCUT2D eigenvalue weighted by Gasteiger charge is -2.27. The maximum Gasteiger partial charge on any atom is 0.419 e. The summed E-state index contributed by atoms with van der Waals surface area (Å²) in [5.74, 6) is -3.34. The molecule has 1 heterocycles. The van der Waals surface area contributed by atoms with E-state index in [-0.39, 0.29) is 18.1 Å². The number of nitrogens with zero attached hydrogens (tertiary/aromatic N) is 3. The molecule has 1 atom stereocenters. The number of carbonyl (C=O) groups excluding carboxylic acids is 2. The number of ether oxygens (including phenoxy) is 2. The molecule has 0 radical (unpaired) electrons. The number of likely N-dealkylation sites (N-methyl/N-ethyl adjacent to an activating group) is 1. The van der Waals surface area contributed by atoms with Crippen LogP contribution in [-0.4, -0.2) is 56.9 Å². The van der Waals surface area contributed by atoms with Crippen molar-refractivity contribution in [1.82, 2.24) is 14.5 Å². The number of amides is 1. The Balaban J connectivity index is 1.85. The highest BCUT2D eigenvalue weighted by molar-refractivity contribution is 5.91. The fraction of sp³-hybridized carbons (Fsp3) is 0.308. The van der Waals surface area contributed by atoms with E-state index in [1.165, 1.54) is 48.6 Å². The third-order valence-corrected chi connectivity index (χ3v) is 5.35. The molecule has 3 rings (SSSR count). The molecule has 208 valence electrons. The molecule has 2 aromatic carbocycles. The largest absolute Gasteiger partial charge is 0.464 e. The lowest BCUT2D eigenvalue weighted by molar-refractivity contribution is -0.140. The molecule has 0 spiro atoms. The molecule has 0 bridgehead atoms. The molecule has 0 saturated carbocycles. The topological polar surface area (TPSA) is 111 Å². The van der Waals surface area contributed by atoms with Crippen molar-refractivity contribution in [2.75, 3.05) is 13.6 Å². The number of hydrogen-bond acceptors (Lipinski definition) is 6. The van der Waals surface area contributed by atoms with E-state index in [9.17, 15) is 37.1 Å². The van der Waals surface area contributed by atoms with Crippen molar-refractivity contribution in [3.63, 3.8) is 0 Å². The molecule has 39 heavy (non-hydrogen) atoms. The van der Waals surface area contributed by atoms with E-state index in [1.807, 2.05) is 0 Å². The second-order valence-corrected chi connectivity index (χ2v) is 9.50. The molecule has 9 nitrogen and oxygen atoms in total. The number of esters is 1. The standard InChI is InChI=1S/C26H25F4N3O6/c1-25(2,3)39-24(37)32(4)14-18(21-31-11-12-33(21)23(35)36)15-5-8-17(9-6-15)38-22(34)16-7-10-19(20(27)13-16)26(28,29)30/h5-13,18H,14H2,1-4H3,(H,35,36). The van der Waals surface area contributed by atoms with E-state index in [0.29, 0.717) is 17.7 Å². The van der Waals surface area contributed by atoms with Gasteiger partial charge in [-0.3, -0.25) is 0 Å².